The second kappa shape index (κ2) is 7.88. The molecule has 1 aliphatic rings. The largest absolute Gasteiger partial charge is 0.387 e. The highest BCUT2D eigenvalue weighted by atomic mass is 32.1. The molecule has 0 saturated carbocycles. The Labute approximate surface area is 145 Å². The smallest absolute Gasteiger partial charge is 0.263 e. The molecule has 1 aromatic carbocycles. The Morgan fingerprint density at radius 2 is 2.00 bits per heavy atom. The Morgan fingerprint density at radius 3 is 2.75 bits per heavy atom. The number of thiophene rings is 1. The minimum Gasteiger partial charge on any atom is -0.387 e. The van der Waals surface area contributed by atoms with Crippen LogP contribution in [0.3, 0.4) is 0 Å². The second-order valence-electron chi connectivity index (χ2n) is 5.96. The highest BCUT2D eigenvalue weighted by molar-refractivity contribution is 7.12. The number of benzene rings is 1. The summed E-state index contributed by atoms with van der Waals surface area (Å²) in [5.74, 6) is -0.309. The second-order valence-corrected chi connectivity index (χ2v) is 6.91. The van der Waals surface area contributed by atoms with Crippen molar-refractivity contribution in [2.45, 2.75) is 12.5 Å². The molecule has 2 aromatic rings. The van der Waals surface area contributed by atoms with Gasteiger partial charge in [0.05, 0.1) is 11.0 Å². The predicted octanol–water partition coefficient (Wildman–Crippen LogP) is 2.77. The lowest BCUT2D eigenvalue weighted by molar-refractivity contribution is 0.0758. The molecule has 1 amide bonds. The first kappa shape index (κ1) is 17.1. The molecule has 3 rings (SSSR count). The number of rotatable bonds is 4. The number of hydrogen-bond donors (Lipinski definition) is 1. The molecule has 0 bridgehead atoms. The normalized spacial score (nSPS) is 17.5. The molecule has 128 valence electrons. The maximum atomic E-state index is 13.8. The van der Waals surface area contributed by atoms with Gasteiger partial charge in [-0.1, -0.05) is 24.3 Å². The van der Waals surface area contributed by atoms with Crippen molar-refractivity contribution >= 4 is 17.2 Å². The average molecular weight is 348 g/mol. The van der Waals surface area contributed by atoms with Gasteiger partial charge in [-0.05, 0) is 23.9 Å². The molecule has 1 atom stereocenters. The molecule has 1 saturated heterocycles. The summed E-state index contributed by atoms with van der Waals surface area (Å²) in [4.78, 5) is 17.1. The number of carbonyl (C=O) groups is 1. The minimum absolute atomic E-state index is 0.0708. The van der Waals surface area contributed by atoms with E-state index in [1.165, 1.54) is 17.4 Å². The Morgan fingerprint density at radius 1 is 1.17 bits per heavy atom. The Balaban J connectivity index is 1.58. The number of carbonyl (C=O) groups excluding carboxylic acids is 1. The monoisotopic (exact) mass is 348 g/mol. The van der Waals surface area contributed by atoms with Crippen molar-refractivity contribution in [1.82, 2.24) is 9.80 Å². The van der Waals surface area contributed by atoms with Crippen molar-refractivity contribution in [3.8, 4) is 0 Å². The Hall–Kier alpha value is -1.76. The van der Waals surface area contributed by atoms with Gasteiger partial charge in [0.2, 0.25) is 0 Å². The lowest BCUT2D eigenvalue weighted by Gasteiger charge is -2.24. The van der Waals surface area contributed by atoms with Crippen molar-refractivity contribution in [3.63, 3.8) is 0 Å². The molecule has 0 aliphatic carbocycles. The number of hydrogen-bond acceptors (Lipinski definition) is 4. The van der Waals surface area contributed by atoms with Crippen molar-refractivity contribution in [3.05, 3.63) is 58.0 Å². The quantitative estimate of drug-likeness (QED) is 0.924. The van der Waals surface area contributed by atoms with Crippen LogP contribution >= 0.6 is 11.3 Å². The number of nitrogens with zero attached hydrogens (tertiary/aromatic N) is 2. The number of aliphatic hydroxyl groups is 1. The van der Waals surface area contributed by atoms with Gasteiger partial charge < -0.3 is 10.0 Å². The van der Waals surface area contributed by atoms with Crippen LogP contribution in [0.15, 0.2) is 41.8 Å². The summed E-state index contributed by atoms with van der Waals surface area (Å²) >= 11 is 1.46. The van der Waals surface area contributed by atoms with Gasteiger partial charge in [-0.2, -0.15) is 0 Å². The molecule has 1 aliphatic heterocycles. The summed E-state index contributed by atoms with van der Waals surface area (Å²) in [5, 5.41) is 12.2. The molecule has 4 nitrogen and oxygen atoms in total. The summed E-state index contributed by atoms with van der Waals surface area (Å²) in [6, 6.07) is 10.0. The molecule has 1 fully saturated rings. The summed E-state index contributed by atoms with van der Waals surface area (Å²) in [7, 11) is 0. The van der Waals surface area contributed by atoms with Gasteiger partial charge in [-0.25, -0.2) is 4.39 Å². The summed E-state index contributed by atoms with van der Waals surface area (Å²) in [5.41, 5.74) is 0.327. The van der Waals surface area contributed by atoms with E-state index in [9.17, 15) is 14.3 Å². The molecular formula is C18H21FN2O2S. The number of halogens is 1. The van der Waals surface area contributed by atoms with Crippen LogP contribution in [0.1, 0.15) is 27.8 Å². The van der Waals surface area contributed by atoms with Gasteiger partial charge >= 0.3 is 0 Å². The third-order valence-electron chi connectivity index (χ3n) is 4.30. The van der Waals surface area contributed by atoms with Crippen LogP contribution in [0.5, 0.6) is 0 Å². The SMILES string of the molecule is O=C(c1cccs1)N1CCCN(CC(O)c2ccccc2F)CC1. The molecule has 6 heteroatoms. The van der Waals surface area contributed by atoms with E-state index in [2.05, 4.69) is 4.90 Å². The Kier molecular flexibility index (Phi) is 5.60. The maximum Gasteiger partial charge on any atom is 0.263 e. The molecule has 2 heterocycles. The van der Waals surface area contributed by atoms with E-state index in [-0.39, 0.29) is 11.7 Å². The number of amides is 1. The van der Waals surface area contributed by atoms with E-state index in [1.807, 2.05) is 22.4 Å². The van der Waals surface area contributed by atoms with E-state index in [0.717, 1.165) is 17.8 Å². The molecule has 1 unspecified atom stereocenters. The molecule has 1 N–H and O–H groups in total. The van der Waals surface area contributed by atoms with Crippen molar-refractivity contribution in [2.75, 3.05) is 32.7 Å². The Bertz CT molecular complexity index is 677. The third kappa shape index (κ3) is 4.01. The first-order valence-electron chi connectivity index (χ1n) is 8.13. The van der Waals surface area contributed by atoms with Crippen LogP contribution in [0.4, 0.5) is 4.39 Å². The van der Waals surface area contributed by atoms with E-state index in [1.54, 1.807) is 18.2 Å². The summed E-state index contributed by atoms with van der Waals surface area (Å²) in [6.07, 6.45) is -0.00747. The van der Waals surface area contributed by atoms with Gasteiger partial charge in [0.1, 0.15) is 5.82 Å². The van der Waals surface area contributed by atoms with Crippen LogP contribution in [-0.4, -0.2) is 53.5 Å². The zero-order valence-electron chi connectivity index (χ0n) is 13.4. The van der Waals surface area contributed by atoms with E-state index in [4.69, 9.17) is 0 Å². The van der Waals surface area contributed by atoms with Crippen molar-refractivity contribution in [1.29, 1.82) is 0 Å². The van der Waals surface area contributed by atoms with Crippen LogP contribution in [0.2, 0.25) is 0 Å². The average Bonchev–Trinajstić information content (AvgIpc) is 3.02. The fourth-order valence-corrected chi connectivity index (χ4v) is 3.69. The molecule has 1 aromatic heterocycles. The fraction of sp³-hybridized carbons (Fsp3) is 0.389. The van der Waals surface area contributed by atoms with Gasteiger partial charge in [-0.15, -0.1) is 11.3 Å². The van der Waals surface area contributed by atoms with E-state index >= 15 is 0 Å². The lowest BCUT2D eigenvalue weighted by atomic mass is 10.1. The predicted molar refractivity (Wildman–Crippen MR) is 92.6 cm³/mol. The number of aliphatic hydroxyl groups excluding tert-OH is 1. The first-order chi connectivity index (χ1) is 11.6. The zero-order valence-corrected chi connectivity index (χ0v) is 14.2. The van der Waals surface area contributed by atoms with Gasteiger partial charge in [0, 0.05) is 38.3 Å². The van der Waals surface area contributed by atoms with Gasteiger partial charge in [0.25, 0.3) is 5.91 Å². The summed E-state index contributed by atoms with van der Waals surface area (Å²) in [6.45, 7) is 3.19. The van der Waals surface area contributed by atoms with Crippen LogP contribution in [-0.2, 0) is 0 Å². The van der Waals surface area contributed by atoms with E-state index < -0.39 is 6.10 Å². The maximum absolute atomic E-state index is 13.8. The highest BCUT2D eigenvalue weighted by Crippen LogP contribution is 2.19. The van der Waals surface area contributed by atoms with Crippen LogP contribution in [0.25, 0.3) is 0 Å². The van der Waals surface area contributed by atoms with Crippen LogP contribution < -0.4 is 0 Å². The lowest BCUT2D eigenvalue weighted by Crippen LogP contribution is -2.36. The molecule has 0 radical (unpaired) electrons. The fourth-order valence-electron chi connectivity index (χ4n) is 3.00. The van der Waals surface area contributed by atoms with Gasteiger partial charge in [-0.3, -0.25) is 9.69 Å². The molecule has 0 spiro atoms. The topological polar surface area (TPSA) is 43.8 Å². The zero-order chi connectivity index (χ0) is 16.9. The highest BCUT2D eigenvalue weighted by Gasteiger charge is 2.23. The van der Waals surface area contributed by atoms with Gasteiger partial charge in [0.15, 0.2) is 0 Å². The van der Waals surface area contributed by atoms with Crippen molar-refractivity contribution < 1.29 is 14.3 Å². The summed E-state index contributed by atoms with van der Waals surface area (Å²) < 4.78 is 13.8. The minimum atomic E-state index is -0.856. The first-order valence-corrected chi connectivity index (χ1v) is 9.01. The van der Waals surface area contributed by atoms with Crippen molar-refractivity contribution in [2.24, 2.45) is 0 Å². The number of β-amino-alcohol motifs (C(OH)–C–C–N with tert-alkyl or cyclic N) is 1. The molecule has 24 heavy (non-hydrogen) atoms. The standard InChI is InChI=1S/C18H21FN2O2S/c19-15-6-2-1-5-14(15)16(22)13-20-8-4-9-21(11-10-20)18(23)17-7-3-12-24-17/h1-3,5-7,12,16,22H,4,8-11,13H2. The van der Waals surface area contributed by atoms with Crippen LogP contribution in [0, 0.1) is 5.82 Å². The third-order valence-corrected chi connectivity index (χ3v) is 5.16. The molecular weight excluding hydrogens is 327 g/mol. The van der Waals surface area contributed by atoms with E-state index in [0.29, 0.717) is 31.7 Å².